The highest BCUT2D eigenvalue weighted by atomic mass is 32.2. The molecule has 42 heavy (non-hydrogen) atoms. The molecule has 0 amide bonds. The van der Waals surface area contributed by atoms with Crippen LogP contribution in [0.15, 0.2) is 11.6 Å². The number of carbonyl (C=O) groups is 3. The van der Waals surface area contributed by atoms with Crippen LogP contribution in [0.4, 0.5) is 0 Å². The van der Waals surface area contributed by atoms with Crippen LogP contribution in [-0.2, 0) is 19.1 Å². The summed E-state index contributed by atoms with van der Waals surface area (Å²) in [6, 6.07) is 0. The Hall–Kier alpha value is -1.50. The van der Waals surface area contributed by atoms with E-state index in [0.717, 1.165) is 73.0 Å². The van der Waals surface area contributed by atoms with E-state index in [2.05, 4.69) is 47.6 Å². The van der Waals surface area contributed by atoms with E-state index in [1.165, 1.54) is 50.5 Å². The summed E-state index contributed by atoms with van der Waals surface area (Å²) in [7, 11) is 0. The molecule has 0 saturated heterocycles. The predicted molar refractivity (Wildman–Crippen MR) is 168 cm³/mol. The second-order valence-corrected chi connectivity index (χ2v) is 16.2. The molecule has 238 valence electrons. The number of carboxylic acids is 2. The number of thioether (sulfide) groups is 1. The maximum atomic E-state index is 12.7. The summed E-state index contributed by atoms with van der Waals surface area (Å²) in [4.78, 5) is 35.0. The van der Waals surface area contributed by atoms with E-state index in [0.29, 0.717) is 11.3 Å². The molecule has 3 fully saturated rings. The first-order chi connectivity index (χ1) is 19.8. The van der Waals surface area contributed by atoms with Crippen molar-refractivity contribution in [1.29, 1.82) is 0 Å². The molecule has 0 spiro atoms. The van der Waals surface area contributed by atoms with Gasteiger partial charge in [0.25, 0.3) is 0 Å². The van der Waals surface area contributed by atoms with Gasteiger partial charge in [-0.25, -0.2) is 0 Å². The van der Waals surface area contributed by atoms with Gasteiger partial charge in [0.1, 0.15) is 11.4 Å². The van der Waals surface area contributed by atoms with Gasteiger partial charge in [-0.2, -0.15) is 0 Å². The highest BCUT2D eigenvalue weighted by Crippen LogP contribution is 2.67. The fraction of sp³-hybridized carbons (Fsp3) is 0.857. The average molecular weight is 605 g/mol. The van der Waals surface area contributed by atoms with Crippen molar-refractivity contribution in [3.05, 3.63) is 11.6 Å². The number of fused-ring (bicyclic) bond motifs is 5. The zero-order valence-electron chi connectivity index (χ0n) is 26.9. The molecule has 4 aliphatic rings. The standard InChI is InChI=1S/C35H56O6S/c1-7-23(21(2)3)9-8-22(4)27-12-13-28-26-11-10-24-18-25(14-16-34(24,5)29(26)15-17-35(27,28)6)41-32(38)19-30(33(39)40)42-20-31(36)37/h10,21-23,25-30H,7-9,11-20H2,1-6H3,(H,36,37)(H,39,40)/t22-,23-,25+,26+,27-,28+,29+,30?,34+,35-/m1/s1. The Labute approximate surface area is 258 Å². The van der Waals surface area contributed by atoms with Crippen molar-refractivity contribution >= 4 is 29.7 Å². The molecule has 0 aromatic rings. The van der Waals surface area contributed by atoms with Crippen molar-refractivity contribution in [1.82, 2.24) is 0 Å². The third kappa shape index (κ3) is 6.91. The summed E-state index contributed by atoms with van der Waals surface area (Å²) in [6.07, 6.45) is 15.1. The molecule has 0 aliphatic heterocycles. The Morgan fingerprint density at radius 1 is 1.02 bits per heavy atom. The molecule has 7 heteroatoms. The third-order valence-corrected chi connectivity index (χ3v) is 13.8. The number of allylic oxidation sites excluding steroid dienone is 1. The van der Waals surface area contributed by atoms with Crippen LogP contribution in [0.1, 0.15) is 119 Å². The molecule has 10 atom stereocenters. The Morgan fingerprint density at radius 3 is 2.40 bits per heavy atom. The molecule has 0 bridgehead atoms. The molecular formula is C35H56O6S. The van der Waals surface area contributed by atoms with Gasteiger partial charge < -0.3 is 14.9 Å². The number of hydrogen-bond donors (Lipinski definition) is 2. The fourth-order valence-corrected chi connectivity index (χ4v) is 10.9. The minimum Gasteiger partial charge on any atom is -0.481 e. The van der Waals surface area contributed by atoms with Gasteiger partial charge in [-0.1, -0.05) is 66.0 Å². The minimum atomic E-state index is -1.18. The number of rotatable bonds is 13. The van der Waals surface area contributed by atoms with Gasteiger partial charge in [0.15, 0.2) is 0 Å². The van der Waals surface area contributed by atoms with Crippen LogP contribution in [0, 0.1) is 52.3 Å². The molecule has 0 heterocycles. The van der Waals surface area contributed by atoms with Crippen molar-refractivity contribution < 1.29 is 29.3 Å². The van der Waals surface area contributed by atoms with Crippen LogP contribution < -0.4 is 0 Å². The van der Waals surface area contributed by atoms with Crippen LogP contribution in [0.25, 0.3) is 0 Å². The second kappa shape index (κ2) is 13.6. The largest absolute Gasteiger partial charge is 0.481 e. The quantitative estimate of drug-likeness (QED) is 0.161. The van der Waals surface area contributed by atoms with Crippen molar-refractivity contribution in [2.75, 3.05) is 5.75 Å². The van der Waals surface area contributed by atoms with Gasteiger partial charge in [-0.3, -0.25) is 14.4 Å². The normalized spacial score (nSPS) is 36.2. The lowest BCUT2D eigenvalue weighted by atomic mass is 9.47. The predicted octanol–water partition coefficient (Wildman–Crippen LogP) is 8.24. The maximum Gasteiger partial charge on any atom is 0.317 e. The first-order valence-electron chi connectivity index (χ1n) is 16.7. The lowest BCUT2D eigenvalue weighted by Gasteiger charge is -2.58. The molecule has 3 saturated carbocycles. The Balaban J connectivity index is 1.37. The number of aliphatic carboxylic acids is 2. The highest BCUT2D eigenvalue weighted by Gasteiger charge is 2.59. The summed E-state index contributed by atoms with van der Waals surface area (Å²) >= 11 is 0.761. The van der Waals surface area contributed by atoms with Crippen molar-refractivity contribution in [3.8, 4) is 0 Å². The van der Waals surface area contributed by atoms with Crippen LogP contribution in [0.3, 0.4) is 0 Å². The Kier molecular flexibility index (Phi) is 10.9. The summed E-state index contributed by atoms with van der Waals surface area (Å²) in [6.45, 7) is 14.8. The number of ether oxygens (including phenoxy) is 1. The van der Waals surface area contributed by atoms with E-state index in [4.69, 9.17) is 9.84 Å². The number of esters is 1. The van der Waals surface area contributed by atoms with Crippen molar-refractivity contribution in [3.63, 3.8) is 0 Å². The number of carbonyl (C=O) groups excluding carboxylic acids is 1. The maximum absolute atomic E-state index is 12.7. The van der Waals surface area contributed by atoms with Crippen molar-refractivity contribution in [2.45, 2.75) is 130 Å². The molecule has 6 nitrogen and oxygen atoms in total. The third-order valence-electron chi connectivity index (χ3n) is 12.6. The molecular weight excluding hydrogens is 548 g/mol. The summed E-state index contributed by atoms with van der Waals surface area (Å²) in [5.41, 5.74) is 2.05. The highest BCUT2D eigenvalue weighted by molar-refractivity contribution is 8.01. The average Bonchev–Trinajstić information content (AvgIpc) is 3.28. The molecule has 0 aromatic carbocycles. The molecule has 0 radical (unpaired) electrons. The van der Waals surface area contributed by atoms with Crippen LogP contribution in [-0.4, -0.2) is 45.2 Å². The second-order valence-electron chi connectivity index (χ2n) is 15.0. The minimum absolute atomic E-state index is 0.156. The van der Waals surface area contributed by atoms with Gasteiger partial charge in [-0.05, 0) is 104 Å². The first-order valence-corrected chi connectivity index (χ1v) is 17.8. The van der Waals surface area contributed by atoms with Crippen molar-refractivity contribution in [2.24, 2.45) is 52.3 Å². The van der Waals surface area contributed by atoms with E-state index >= 15 is 0 Å². The first kappa shape index (κ1) is 33.4. The fourth-order valence-electron chi connectivity index (χ4n) is 10.2. The SMILES string of the molecule is CC[C@H](CC[C@@H](C)[C@H]1CC[C@H]2[C@@H]3CC=C4C[C@@H](OC(=O)CC(SCC(=O)O)C(=O)O)CC[C@]4(C)[C@H]3CC[C@]12C)C(C)C. The van der Waals surface area contributed by atoms with Crippen LogP contribution >= 0.6 is 11.8 Å². The van der Waals surface area contributed by atoms with E-state index in [1.807, 2.05) is 0 Å². The lowest BCUT2D eigenvalue weighted by molar-refractivity contribution is -0.153. The summed E-state index contributed by atoms with van der Waals surface area (Å²) in [5.74, 6) is 2.33. The summed E-state index contributed by atoms with van der Waals surface area (Å²) < 4.78 is 5.79. The zero-order valence-corrected chi connectivity index (χ0v) is 27.7. The molecule has 0 aromatic heterocycles. The number of carboxylic acid groups (broad SMARTS) is 2. The molecule has 2 N–H and O–H groups in total. The van der Waals surface area contributed by atoms with Crippen LogP contribution in [0.5, 0.6) is 0 Å². The number of hydrogen-bond acceptors (Lipinski definition) is 5. The topological polar surface area (TPSA) is 101 Å². The molecule has 4 aliphatic carbocycles. The van der Waals surface area contributed by atoms with Gasteiger partial charge >= 0.3 is 17.9 Å². The van der Waals surface area contributed by atoms with Crippen LogP contribution in [0.2, 0.25) is 0 Å². The van der Waals surface area contributed by atoms with Gasteiger partial charge in [-0.15, -0.1) is 11.8 Å². The van der Waals surface area contributed by atoms with Gasteiger partial charge in [0.2, 0.25) is 0 Å². The van der Waals surface area contributed by atoms with E-state index in [-0.39, 0.29) is 23.7 Å². The summed E-state index contributed by atoms with van der Waals surface area (Å²) in [5, 5.41) is 17.2. The van der Waals surface area contributed by atoms with E-state index in [1.54, 1.807) is 0 Å². The monoisotopic (exact) mass is 604 g/mol. The molecule has 1 unspecified atom stereocenters. The Morgan fingerprint density at radius 2 is 1.76 bits per heavy atom. The zero-order chi connectivity index (χ0) is 30.8. The van der Waals surface area contributed by atoms with E-state index in [9.17, 15) is 19.5 Å². The Bertz CT molecular complexity index is 1020. The van der Waals surface area contributed by atoms with E-state index < -0.39 is 23.2 Å². The smallest absolute Gasteiger partial charge is 0.317 e. The molecule has 4 rings (SSSR count). The van der Waals surface area contributed by atoms with Gasteiger partial charge in [0.05, 0.1) is 12.2 Å². The lowest BCUT2D eigenvalue weighted by Crippen LogP contribution is -2.51. The van der Waals surface area contributed by atoms with Gasteiger partial charge in [0, 0.05) is 6.42 Å².